The summed E-state index contributed by atoms with van der Waals surface area (Å²) in [4.78, 5) is 27.2. The van der Waals surface area contributed by atoms with E-state index in [2.05, 4.69) is 11.9 Å². The molecule has 2 saturated heterocycles. The summed E-state index contributed by atoms with van der Waals surface area (Å²) in [6, 6.07) is -0.592. The van der Waals surface area contributed by atoms with Gasteiger partial charge < -0.3 is 14.9 Å². The second kappa shape index (κ2) is 5.69. The number of hydrogen-bond acceptors (Lipinski definition) is 3. The molecule has 2 rings (SSSR count). The Kier molecular flexibility index (Phi) is 4.22. The van der Waals surface area contributed by atoms with Gasteiger partial charge in [0, 0.05) is 19.5 Å². The Morgan fingerprint density at radius 2 is 2.00 bits per heavy atom. The number of carbonyl (C=O) groups is 2. The highest BCUT2D eigenvalue weighted by Crippen LogP contribution is 2.23. The van der Waals surface area contributed by atoms with Gasteiger partial charge in [-0.15, -0.1) is 0 Å². The van der Waals surface area contributed by atoms with Gasteiger partial charge in [-0.3, -0.25) is 4.79 Å². The van der Waals surface area contributed by atoms with E-state index in [0.717, 1.165) is 32.4 Å². The van der Waals surface area contributed by atoms with Gasteiger partial charge in [0.25, 0.3) is 0 Å². The van der Waals surface area contributed by atoms with Gasteiger partial charge in [-0.1, -0.05) is 0 Å². The predicted molar refractivity (Wildman–Crippen MR) is 67.2 cm³/mol. The molecule has 1 N–H and O–H groups in total. The van der Waals surface area contributed by atoms with Crippen LogP contribution in [0.2, 0.25) is 0 Å². The molecule has 0 aromatic rings. The van der Waals surface area contributed by atoms with Crippen molar-refractivity contribution in [3.05, 3.63) is 0 Å². The maximum Gasteiger partial charge on any atom is 0.326 e. The van der Waals surface area contributed by atoms with Crippen LogP contribution in [0.5, 0.6) is 0 Å². The molecule has 18 heavy (non-hydrogen) atoms. The van der Waals surface area contributed by atoms with E-state index in [1.807, 2.05) is 0 Å². The molecule has 0 aromatic carbocycles. The Labute approximate surface area is 108 Å². The van der Waals surface area contributed by atoms with Crippen molar-refractivity contribution in [3.8, 4) is 0 Å². The smallest absolute Gasteiger partial charge is 0.326 e. The summed E-state index contributed by atoms with van der Waals surface area (Å²) in [7, 11) is 2.06. The summed E-state index contributed by atoms with van der Waals surface area (Å²) in [6.45, 7) is 2.61. The predicted octanol–water partition coefficient (Wildman–Crippen LogP) is 0.794. The number of aliphatic carboxylic acids is 1. The molecule has 2 aliphatic rings. The normalized spacial score (nSPS) is 29.5. The highest BCUT2D eigenvalue weighted by molar-refractivity contribution is 5.84. The maximum atomic E-state index is 12.2. The molecule has 0 radical (unpaired) electrons. The molecule has 0 spiro atoms. The number of carboxylic acid groups (broad SMARTS) is 1. The van der Waals surface area contributed by atoms with E-state index < -0.39 is 12.0 Å². The van der Waals surface area contributed by atoms with Gasteiger partial charge in [0.1, 0.15) is 6.04 Å². The van der Waals surface area contributed by atoms with Gasteiger partial charge >= 0.3 is 5.97 Å². The average molecular weight is 254 g/mol. The number of carbonyl (C=O) groups excluding carboxylic acids is 1. The lowest BCUT2D eigenvalue weighted by atomic mass is 9.99. The van der Waals surface area contributed by atoms with Crippen LogP contribution in [0.4, 0.5) is 0 Å². The van der Waals surface area contributed by atoms with E-state index in [4.69, 9.17) is 5.11 Å². The lowest BCUT2D eigenvalue weighted by Crippen LogP contribution is -2.48. The van der Waals surface area contributed by atoms with Gasteiger partial charge in [0.15, 0.2) is 0 Å². The second-order valence-electron chi connectivity index (χ2n) is 5.56. The standard InChI is InChI=1S/C13H22N2O3/c1-14-7-5-10(9-14)8-12(16)15-6-3-2-4-11(15)13(17)18/h10-11H,2-9H2,1H3,(H,17,18). The Morgan fingerprint density at radius 1 is 1.22 bits per heavy atom. The van der Waals surface area contributed by atoms with Crippen LogP contribution in [0.1, 0.15) is 32.1 Å². The van der Waals surface area contributed by atoms with Gasteiger partial charge in [-0.25, -0.2) is 4.79 Å². The minimum absolute atomic E-state index is 0.0300. The first kappa shape index (κ1) is 13.3. The Morgan fingerprint density at radius 3 is 2.61 bits per heavy atom. The number of likely N-dealkylation sites (tertiary alicyclic amines) is 2. The molecule has 0 aromatic heterocycles. The first-order chi connectivity index (χ1) is 8.58. The molecule has 2 aliphatic heterocycles. The molecule has 5 nitrogen and oxygen atoms in total. The van der Waals surface area contributed by atoms with Crippen molar-refractivity contribution in [2.45, 2.75) is 38.1 Å². The van der Waals surface area contributed by atoms with Crippen LogP contribution in [-0.2, 0) is 9.59 Å². The maximum absolute atomic E-state index is 12.2. The fourth-order valence-electron chi connectivity index (χ4n) is 3.04. The summed E-state index contributed by atoms with van der Waals surface area (Å²) in [5.74, 6) is -0.423. The van der Waals surface area contributed by atoms with Crippen molar-refractivity contribution < 1.29 is 14.7 Å². The molecule has 5 heteroatoms. The lowest BCUT2D eigenvalue weighted by molar-refractivity contribution is -0.152. The van der Waals surface area contributed by atoms with E-state index in [0.29, 0.717) is 25.3 Å². The third-order valence-corrected chi connectivity index (χ3v) is 4.06. The SMILES string of the molecule is CN1CCC(CC(=O)N2CCCCC2C(=O)O)C1. The van der Waals surface area contributed by atoms with Crippen LogP contribution in [0.3, 0.4) is 0 Å². The summed E-state index contributed by atoms with van der Waals surface area (Å²) >= 11 is 0. The quantitative estimate of drug-likeness (QED) is 0.809. The molecule has 1 amide bonds. The first-order valence-corrected chi connectivity index (χ1v) is 6.78. The monoisotopic (exact) mass is 254 g/mol. The lowest BCUT2D eigenvalue weighted by Gasteiger charge is -2.33. The zero-order valence-electron chi connectivity index (χ0n) is 11.0. The third kappa shape index (κ3) is 3.02. The van der Waals surface area contributed by atoms with Gasteiger partial charge in [0.05, 0.1) is 0 Å². The van der Waals surface area contributed by atoms with Gasteiger partial charge in [0.2, 0.25) is 5.91 Å². The largest absolute Gasteiger partial charge is 0.480 e. The number of nitrogens with zero attached hydrogens (tertiary/aromatic N) is 2. The Bertz CT molecular complexity index is 332. The third-order valence-electron chi connectivity index (χ3n) is 4.06. The van der Waals surface area contributed by atoms with Crippen LogP contribution in [0.25, 0.3) is 0 Å². The van der Waals surface area contributed by atoms with Crippen molar-refractivity contribution in [1.29, 1.82) is 0 Å². The zero-order valence-corrected chi connectivity index (χ0v) is 11.0. The highest BCUT2D eigenvalue weighted by Gasteiger charge is 2.33. The van der Waals surface area contributed by atoms with E-state index in [1.54, 1.807) is 4.90 Å². The molecule has 102 valence electrons. The Balaban J connectivity index is 1.92. The van der Waals surface area contributed by atoms with Crippen molar-refractivity contribution >= 4 is 11.9 Å². The Hall–Kier alpha value is -1.10. The number of hydrogen-bond donors (Lipinski definition) is 1. The zero-order chi connectivity index (χ0) is 13.1. The minimum Gasteiger partial charge on any atom is -0.480 e. The van der Waals surface area contributed by atoms with Gasteiger partial charge in [-0.2, -0.15) is 0 Å². The molecule has 0 aliphatic carbocycles. The van der Waals surface area contributed by atoms with Crippen LogP contribution >= 0.6 is 0 Å². The molecular formula is C13H22N2O3. The van der Waals surface area contributed by atoms with Crippen LogP contribution < -0.4 is 0 Å². The fourth-order valence-corrected chi connectivity index (χ4v) is 3.04. The van der Waals surface area contributed by atoms with Crippen molar-refractivity contribution in [1.82, 2.24) is 9.80 Å². The highest BCUT2D eigenvalue weighted by atomic mass is 16.4. The molecule has 2 unspecified atom stereocenters. The van der Waals surface area contributed by atoms with Crippen molar-refractivity contribution in [3.63, 3.8) is 0 Å². The number of carboxylic acids is 1. The fraction of sp³-hybridized carbons (Fsp3) is 0.846. The number of rotatable bonds is 3. The summed E-state index contributed by atoms with van der Waals surface area (Å²) in [5.41, 5.74) is 0. The molecular weight excluding hydrogens is 232 g/mol. The molecule has 2 heterocycles. The van der Waals surface area contributed by atoms with E-state index in [1.165, 1.54) is 0 Å². The second-order valence-corrected chi connectivity index (χ2v) is 5.56. The van der Waals surface area contributed by atoms with Crippen LogP contribution in [0, 0.1) is 5.92 Å². The van der Waals surface area contributed by atoms with Crippen LogP contribution in [-0.4, -0.2) is 59.5 Å². The first-order valence-electron chi connectivity index (χ1n) is 6.78. The summed E-state index contributed by atoms with van der Waals surface area (Å²) in [6.07, 6.45) is 4.00. The van der Waals surface area contributed by atoms with E-state index >= 15 is 0 Å². The van der Waals surface area contributed by atoms with Gasteiger partial charge in [-0.05, 0) is 45.2 Å². The van der Waals surface area contributed by atoms with Crippen molar-refractivity contribution in [2.75, 3.05) is 26.7 Å². The topological polar surface area (TPSA) is 60.9 Å². The van der Waals surface area contributed by atoms with Crippen molar-refractivity contribution in [2.24, 2.45) is 5.92 Å². The molecule has 0 bridgehead atoms. The summed E-state index contributed by atoms with van der Waals surface area (Å²) < 4.78 is 0. The van der Waals surface area contributed by atoms with Crippen LogP contribution in [0.15, 0.2) is 0 Å². The van der Waals surface area contributed by atoms with E-state index in [-0.39, 0.29) is 5.91 Å². The average Bonchev–Trinajstić information content (AvgIpc) is 2.74. The molecule has 2 fully saturated rings. The van der Waals surface area contributed by atoms with E-state index in [9.17, 15) is 9.59 Å². The number of piperidine rings is 1. The molecule has 2 atom stereocenters. The minimum atomic E-state index is -0.855. The summed E-state index contributed by atoms with van der Waals surface area (Å²) in [5, 5.41) is 9.16. The number of amides is 1. The molecule has 0 saturated carbocycles.